The Balaban J connectivity index is 2.26. The number of nitrogens with zero attached hydrogens (tertiary/aromatic N) is 1. The highest BCUT2D eigenvalue weighted by molar-refractivity contribution is 6.09. The molecule has 0 spiro atoms. The summed E-state index contributed by atoms with van der Waals surface area (Å²) in [5.41, 5.74) is 2.61. The number of carbonyl (C=O) groups excluding carboxylic acids is 2. The number of hydrogen-bond acceptors (Lipinski definition) is 4. The molecular weight excluding hydrogens is 306 g/mol. The summed E-state index contributed by atoms with van der Waals surface area (Å²) in [5.74, 6) is -0.629. The first-order valence-electron chi connectivity index (χ1n) is 7.86. The number of hydrogen-bond donors (Lipinski definition) is 2. The van der Waals surface area contributed by atoms with Gasteiger partial charge >= 0.3 is 5.97 Å². The Bertz CT molecular complexity index is 930. The van der Waals surface area contributed by atoms with E-state index in [1.165, 1.54) is 6.92 Å². The van der Waals surface area contributed by atoms with Crippen molar-refractivity contribution in [1.82, 2.24) is 15.3 Å². The normalized spacial score (nSPS) is 12.3. The Kier molecular flexibility index (Phi) is 4.20. The molecule has 1 amide bonds. The van der Waals surface area contributed by atoms with Crippen molar-refractivity contribution in [3.05, 3.63) is 41.7 Å². The quantitative estimate of drug-likeness (QED) is 0.722. The average molecular weight is 325 g/mol. The number of para-hydroxylation sites is 1. The standard InChI is InChI=1S/C18H19N3O3/c1-4-24-18(23)15-9-13-12-7-5-6-8-14(12)20-17(13)16(21-15)10(2)19-11(3)22/h5-10,20H,4H2,1-3H3,(H,19,22)/t10-/m1/s1. The summed E-state index contributed by atoms with van der Waals surface area (Å²) in [6, 6.07) is 9.22. The zero-order chi connectivity index (χ0) is 17.3. The van der Waals surface area contributed by atoms with Gasteiger partial charge in [0.2, 0.25) is 5.91 Å². The lowest BCUT2D eigenvalue weighted by molar-refractivity contribution is -0.119. The van der Waals surface area contributed by atoms with Crippen molar-refractivity contribution in [2.24, 2.45) is 0 Å². The molecule has 1 atom stereocenters. The smallest absolute Gasteiger partial charge is 0.356 e. The molecule has 0 saturated heterocycles. The fourth-order valence-electron chi connectivity index (χ4n) is 2.87. The van der Waals surface area contributed by atoms with E-state index in [9.17, 15) is 9.59 Å². The highest BCUT2D eigenvalue weighted by Crippen LogP contribution is 2.30. The molecule has 1 aromatic carbocycles. The van der Waals surface area contributed by atoms with E-state index in [1.54, 1.807) is 13.0 Å². The van der Waals surface area contributed by atoms with Gasteiger partial charge in [0.25, 0.3) is 0 Å². The van der Waals surface area contributed by atoms with E-state index >= 15 is 0 Å². The SMILES string of the molecule is CCOC(=O)c1cc2c([nH]c3ccccc32)c([C@@H](C)NC(C)=O)n1. The minimum atomic E-state index is -0.471. The molecule has 0 radical (unpaired) electrons. The maximum atomic E-state index is 12.2. The van der Waals surface area contributed by atoms with Crippen LogP contribution in [-0.4, -0.2) is 28.5 Å². The topological polar surface area (TPSA) is 84.1 Å². The maximum absolute atomic E-state index is 12.2. The number of nitrogens with one attached hydrogen (secondary N) is 2. The van der Waals surface area contributed by atoms with Gasteiger partial charge in [0.05, 0.1) is 23.9 Å². The van der Waals surface area contributed by atoms with Crippen LogP contribution in [0, 0.1) is 0 Å². The summed E-state index contributed by atoms with van der Waals surface area (Å²) >= 11 is 0. The van der Waals surface area contributed by atoms with Crippen LogP contribution in [0.25, 0.3) is 21.8 Å². The second-order valence-electron chi connectivity index (χ2n) is 5.63. The van der Waals surface area contributed by atoms with Gasteiger partial charge in [-0.15, -0.1) is 0 Å². The highest BCUT2D eigenvalue weighted by atomic mass is 16.5. The number of carbonyl (C=O) groups is 2. The van der Waals surface area contributed by atoms with Gasteiger partial charge < -0.3 is 15.0 Å². The molecule has 0 aliphatic rings. The van der Waals surface area contributed by atoms with E-state index in [0.717, 1.165) is 21.8 Å². The molecule has 0 bridgehead atoms. The molecule has 0 aliphatic carbocycles. The van der Waals surface area contributed by atoms with E-state index in [0.29, 0.717) is 5.69 Å². The zero-order valence-corrected chi connectivity index (χ0v) is 13.8. The van der Waals surface area contributed by atoms with Crippen molar-refractivity contribution in [3.63, 3.8) is 0 Å². The lowest BCUT2D eigenvalue weighted by Crippen LogP contribution is -2.25. The van der Waals surface area contributed by atoms with Crippen molar-refractivity contribution in [3.8, 4) is 0 Å². The minimum absolute atomic E-state index is 0.157. The molecular formula is C18H19N3O3. The van der Waals surface area contributed by atoms with Crippen LogP contribution in [0.5, 0.6) is 0 Å². The monoisotopic (exact) mass is 325 g/mol. The third-order valence-corrected chi connectivity index (χ3v) is 3.84. The molecule has 0 unspecified atom stereocenters. The first kappa shape index (κ1) is 16.0. The van der Waals surface area contributed by atoms with Gasteiger partial charge in [0, 0.05) is 23.2 Å². The lowest BCUT2D eigenvalue weighted by atomic mass is 10.1. The van der Waals surface area contributed by atoms with Gasteiger partial charge in [0.1, 0.15) is 5.69 Å². The van der Waals surface area contributed by atoms with Crippen molar-refractivity contribution >= 4 is 33.7 Å². The Morgan fingerprint density at radius 1 is 1.29 bits per heavy atom. The van der Waals surface area contributed by atoms with Crippen LogP contribution in [0.3, 0.4) is 0 Å². The number of H-pyrrole nitrogens is 1. The molecule has 3 rings (SSSR count). The van der Waals surface area contributed by atoms with Gasteiger partial charge in [-0.3, -0.25) is 4.79 Å². The summed E-state index contributed by atoms with van der Waals surface area (Å²) in [7, 11) is 0. The van der Waals surface area contributed by atoms with Crippen LogP contribution in [0.15, 0.2) is 30.3 Å². The van der Waals surface area contributed by atoms with Gasteiger partial charge in [-0.05, 0) is 26.0 Å². The molecule has 0 saturated carbocycles. The summed E-state index contributed by atoms with van der Waals surface area (Å²) in [6.07, 6.45) is 0. The van der Waals surface area contributed by atoms with Crippen LogP contribution < -0.4 is 5.32 Å². The third-order valence-electron chi connectivity index (χ3n) is 3.84. The van der Waals surface area contributed by atoms with Crippen molar-refractivity contribution in [1.29, 1.82) is 0 Å². The molecule has 0 fully saturated rings. The van der Waals surface area contributed by atoms with Gasteiger partial charge in [-0.25, -0.2) is 9.78 Å². The van der Waals surface area contributed by atoms with Crippen molar-refractivity contribution in [2.75, 3.05) is 6.61 Å². The summed E-state index contributed by atoms with van der Waals surface area (Å²) < 4.78 is 5.08. The van der Waals surface area contributed by atoms with E-state index in [-0.39, 0.29) is 24.2 Å². The molecule has 2 heterocycles. The highest BCUT2D eigenvalue weighted by Gasteiger charge is 2.20. The Morgan fingerprint density at radius 2 is 2.04 bits per heavy atom. The fraction of sp³-hybridized carbons (Fsp3) is 0.278. The Labute approximate surface area is 139 Å². The van der Waals surface area contributed by atoms with Crippen LogP contribution in [0.1, 0.15) is 43.0 Å². The summed E-state index contributed by atoms with van der Waals surface area (Å²) in [4.78, 5) is 31.4. The predicted molar refractivity (Wildman–Crippen MR) is 91.8 cm³/mol. The van der Waals surface area contributed by atoms with Crippen LogP contribution in [-0.2, 0) is 9.53 Å². The maximum Gasteiger partial charge on any atom is 0.356 e. The van der Waals surface area contributed by atoms with E-state index in [1.807, 2.05) is 31.2 Å². The number of pyridine rings is 1. The number of ether oxygens (including phenoxy) is 1. The van der Waals surface area contributed by atoms with Crippen LogP contribution in [0.4, 0.5) is 0 Å². The van der Waals surface area contributed by atoms with Crippen LogP contribution in [0.2, 0.25) is 0 Å². The van der Waals surface area contributed by atoms with E-state index < -0.39 is 5.97 Å². The van der Waals surface area contributed by atoms with E-state index in [2.05, 4.69) is 15.3 Å². The number of benzene rings is 1. The van der Waals surface area contributed by atoms with Crippen molar-refractivity contribution < 1.29 is 14.3 Å². The number of amides is 1. The molecule has 6 heteroatoms. The van der Waals surface area contributed by atoms with Gasteiger partial charge in [-0.1, -0.05) is 18.2 Å². The number of fused-ring (bicyclic) bond motifs is 3. The first-order chi connectivity index (χ1) is 11.5. The number of aromatic nitrogens is 2. The number of aromatic amines is 1. The summed E-state index contributed by atoms with van der Waals surface area (Å²) in [6.45, 7) is 5.32. The molecule has 6 nitrogen and oxygen atoms in total. The lowest BCUT2D eigenvalue weighted by Gasteiger charge is -2.14. The zero-order valence-electron chi connectivity index (χ0n) is 13.8. The van der Waals surface area contributed by atoms with Gasteiger partial charge in [-0.2, -0.15) is 0 Å². The van der Waals surface area contributed by atoms with Gasteiger partial charge in [0.15, 0.2) is 0 Å². The predicted octanol–water partition coefficient (Wildman–Crippen LogP) is 3.09. The number of esters is 1. The summed E-state index contributed by atoms with van der Waals surface area (Å²) in [5, 5.41) is 4.70. The second kappa shape index (κ2) is 6.31. The molecule has 124 valence electrons. The minimum Gasteiger partial charge on any atom is -0.461 e. The molecule has 3 aromatic rings. The Morgan fingerprint density at radius 3 is 2.75 bits per heavy atom. The largest absolute Gasteiger partial charge is 0.461 e. The van der Waals surface area contributed by atoms with Crippen molar-refractivity contribution in [2.45, 2.75) is 26.8 Å². The fourth-order valence-corrected chi connectivity index (χ4v) is 2.87. The van der Waals surface area contributed by atoms with E-state index in [4.69, 9.17) is 4.74 Å². The third kappa shape index (κ3) is 2.82. The second-order valence-corrected chi connectivity index (χ2v) is 5.63. The first-order valence-corrected chi connectivity index (χ1v) is 7.86. The number of rotatable bonds is 4. The molecule has 2 N–H and O–H groups in total. The average Bonchev–Trinajstić information content (AvgIpc) is 2.92. The Hall–Kier alpha value is -2.89. The molecule has 24 heavy (non-hydrogen) atoms. The van der Waals surface area contributed by atoms with Crippen LogP contribution >= 0.6 is 0 Å². The molecule has 2 aromatic heterocycles. The molecule has 0 aliphatic heterocycles.